The molecule has 5 heteroatoms. The predicted octanol–water partition coefficient (Wildman–Crippen LogP) is 0.491. The fourth-order valence-electron chi connectivity index (χ4n) is 6.73. The number of piperidine rings is 1. The van der Waals surface area contributed by atoms with Crippen LogP contribution in [0.2, 0.25) is 0 Å². The zero-order valence-electron chi connectivity index (χ0n) is 16.0. The number of aldehydes is 1. The molecule has 0 radical (unpaired) electrons. The lowest BCUT2D eigenvalue weighted by molar-refractivity contribution is -0.941. The van der Waals surface area contributed by atoms with Gasteiger partial charge in [-0.3, -0.25) is 4.79 Å². The third-order valence-electron chi connectivity index (χ3n) is 7.64. The number of nitrogens with zero attached hydrogens (tertiary/aromatic N) is 1. The Morgan fingerprint density at radius 3 is 2.93 bits per heavy atom. The number of phenolic OH excluding ortho intramolecular Hbond substituents is 1. The third kappa shape index (κ3) is 2.15. The van der Waals surface area contributed by atoms with Crippen LogP contribution in [-0.4, -0.2) is 41.6 Å². The molecule has 1 aliphatic carbocycles. The molecule has 0 aromatic heterocycles. The summed E-state index contributed by atoms with van der Waals surface area (Å²) < 4.78 is 1.14. The van der Waals surface area contributed by atoms with Gasteiger partial charge in [-0.1, -0.05) is 25.1 Å². The van der Waals surface area contributed by atoms with Crippen LogP contribution >= 0.6 is 0 Å². The van der Waals surface area contributed by atoms with E-state index < -0.39 is 0 Å². The van der Waals surface area contributed by atoms with Gasteiger partial charge in [-0.05, 0) is 30.5 Å². The number of para-hydroxylation sites is 1. The molecule has 3 aliphatic heterocycles. The number of hydrogen-bond acceptors (Lipinski definition) is 3. The van der Waals surface area contributed by atoms with Gasteiger partial charge in [0.05, 0.1) is 24.2 Å². The number of allylic oxidation sites excluding steroid dienone is 2. The number of benzene rings is 1. The minimum atomic E-state index is -0.130. The molecule has 144 valence electrons. The number of nitrogens with one attached hydrogen (secondary N) is 1. The number of halogens is 1. The number of carbonyl (C=O) groups excluding carboxylic acids is 1. The van der Waals surface area contributed by atoms with E-state index in [0.717, 1.165) is 53.7 Å². The standard InChI is InChI=1S/C22H26N2O2.HI/c1-3-9-24-10-8-22-17-6-5-7-18(26)20(17)23-21(22)16(13-25)15(11-19(22)24)14(4-2)12-24;/h4-7,13,15,19H,3,8-12H2,1-2H3,(H-,23,25,26);1H/b14-4-;/t15-,19-,22?,24?;/m0./s1. The quantitative estimate of drug-likeness (QED) is 0.219. The molecule has 2 unspecified atom stereocenters. The number of anilines is 1. The first-order chi connectivity index (χ1) is 12.6. The number of quaternary nitrogens is 1. The maximum Gasteiger partial charge on any atom is 0.148 e. The van der Waals surface area contributed by atoms with Crippen LogP contribution in [0, 0.1) is 5.92 Å². The molecule has 1 aromatic carbocycles. The zero-order valence-corrected chi connectivity index (χ0v) is 18.1. The fourth-order valence-corrected chi connectivity index (χ4v) is 6.73. The van der Waals surface area contributed by atoms with Crippen molar-refractivity contribution in [3.8, 4) is 5.75 Å². The summed E-state index contributed by atoms with van der Waals surface area (Å²) >= 11 is 0. The van der Waals surface area contributed by atoms with Crippen LogP contribution in [0.15, 0.2) is 41.1 Å². The van der Waals surface area contributed by atoms with Crippen molar-refractivity contribution in [1.29, 1.82) is 0 Å². The largest absolute Gasteiger partial charge is 1.00 e. The lowest BCUT2D eigenvalue weighted by atomic mass is 9.61. The smallest absolute Gasteiger partial charge is 0.148 e. The van der Waals surface area contributed by atoms with E-state index in [2.05, 4.69) is 31.3 Å². The highest BCUT2D eigenvalue weighted by atomic mass is 127. The zero-order chi connectivity index (χ0) is 18.1. The van der Waals surface area contributed by atoms with Crippen molar-refractivity contribution in [2.75, 3.05) is 25.0 Å². The number of fused-ring (bicyclic) bond motifs is 2. The molecule has 4 nitrogen and oxygen atoms in total. The molecule has 4 aliphatic rings. The van der Waals surface area contributed by atoms with Crippen molar-refractivity contribution in [3.05, 3.63) is 46.7 Å². The average molecular weight is 478 g/mol. The molecule has 27 heavy (non-hydrogen) atoms. The Kier molecular flexibility index (Phi) is 4.46. The van der Waals surface area contributed by atoms with Gasteiger partial charge in [-0.2, -0.15) is 0 Å². The van der Waals surface area contributed by atoms with Gasteiger partial charge >= 0.3 is 0 Å². The van der Waals surface area contributed by atoms with Crippen LogP contribution in [-0.2, 0) is 10.2 Å². The predicted molar refractivity (Wildman–Crippen MR) is 102 cm³/mol. The highest BCUT2D eigenvalue weighted by Gasteiger charge is 2.68. The van der Waals surface area contributed by atoms with E-state index >= 15 is 0 Å². The second kappa shape index (κ2) is 6.34. The molecule has 4 atom stereocenters. The molecular formula is C22H27IN2O2. The number of aromatic hydroxyl groups is 1. The highest BCUT2D eigenvalue weighted by molar-refractivity contribution is 5.85. The number of rotatable bonds is 3. The lowest BCUT2D eigenvalue weighted by Crippen LogP contribution is -3.00. The number of phenols is 1. The maximum absolute atomic E-state index is 12.2. The molecule has 0 amide bonds. The van der Waals surface area contributed by atoms with Gasteiger partial charge in [-0.25, -0.2) is 0 Å². The second-order valence-corrected chi connectivity index (χ2v) is 8.49. The first kappa shape index (κ1) is 19.0. The van der Waals surface area contributed by atoms with E-state index in [1.807, 2.05) is 6.07 Å². The van der Waals surface area contributed by atoms with E-state index in [0.29, 0.717) is 11.8 Å². The summed E-state index contributed by atoms with van der Waals surface area (Å²) in [6, 6.07) is 6.35. The molecule has 5 rings (SSSR count). The van der Waals surface area contributed by atoms with E-state index in [1.54, 1.807) is 6.07 Å². The Bertz CT molecular complexity index is 877. The second-order valence-electron chi connectivity index (χ2n) is 8.49. The average Bonchev–Trinajstić information content (AvgIpc) is 3.17. The van der Waals surface area contributed by atoms with E-state index in [9.17, 15) is 9.90 Å². The molecule has 1 aromatic rings. The fraction of sp³-hybridized carbons (Fsp3) is 0.500. The van der Waals surface area contributed by atoms with E-state index in [-0.39, 0.29) is 35.3 Å². The van der Waals surface area contributed by atoms with Crippen LogP contribution in [0.4, 0.5) is 5.69 Å². The van der Waals surface area contributed by atoms with Crippen molar-refractivity contribution < 1.29 is 38.4 Å². The van der Waals surface area contributed by atoms with Crippen LogP contribution in [0.5, 0.6) is 5.75 Å². The summed E-state index contributed by atoms with van der Waals surface area (Å²) in [6.07, 6.45) is 6.60. The van der Waals surface area contributed by atoms with Gasteiger partial charge in [0.2, 0.25) is 0 Å². The van der Waals surface area contributed by atoms with Gasteiger partial charge in [-0.15, -0.1) is 0 Å². The highest BCUT2D eigenvalue weighted by Crippen LogP contribution is 2.64. The van der Waals surface area contributed by atoms with E-state index in [4.69, 9.17) is 0 Å². The van der Waals surface area contributed by atoms with Crippen LogP contribution in [0.25, 0.3) is 0 Å². The molecular weight excluding hydrogens is 451 g/mol. The van der Waals surface area contributed by atoms with Gasteiger partial charge in [0.25, 0.3) is 0 Å². The number of hydrogen-bond donors (Lipinski definition) is 2. The molecule has 2 N–H and O–H groups in total. The first-order valence-corrected chi connectivity index (χ1v) is 9.91. The van der Waals surface area contributed by atoms with Gasteiger partial charge in [0, 0.05) is 30.0 Å². The van der Waals surface area contributed by atoms with Gasteiger partial charge in [0.15, 0.2) is 0 Å². The maximum atomic E-state index is 12.2. The number of carbonyl (C=O) groups is 1. The van der Waals surface area contributed by atoms with Gasteiger partial charge < -0.3 is 38.9 Å². The van der Waals surface area contributed by atoms with Crippen LogP contribution < -0.4 is 29.3 Å². The van der Waals surface area contributed by atoms with Crippen LogP contribution in [0.1, 0.15) is 38.7 Å². The van der Waals surface area contributed by atoms with Gasteiger partial charge in [0.1, 0.15) is 24.6 Å². The minimum absolute atomic E-state index is 0. The van der Waals surface area contributed by atoms with Crippen LogP contribution in [0.3, 0.4) is 0 Å². The molecule has 3 heterocycles. The Hall–Kier alpha value is -1.34. The monoisotopic (exact) mass is 478 g/mol. The van der Waals surface area contributed by atoms with Crippen molar-refractivity contribution in [2.24, 2.45) is 5.92 Å². The molecule has 2 saturated heterocycles. The Labute approximate surface area is 177 Å². The normalized spacial score (nSPS) is 36.7. The van der Waals surface area contributed by atoms with Crippen molar-refractivity contribution >= 4 is 12.0 Å². The van der Waals surface area contributed by atoms with Crippen molar-refractivity contribution in [2.45, 2.75) is 44.6 Å². The Balaban J connectivity index is 0.00000180. The summed E-state index contributed by atoms with van der Waals surface area (Å²) in [6.45, 7) is 7.80. The molecule has 1 spiro atoms. The summed E-state index contributed by atoms with van der Waals surface area (Å²) in [5.41, 5.74) is 5.32. The third-order valence-corrected chi connectivity index (χ3v) is 7.64. The molecule has 2 bridgehead atoms. The summed E-state index contributed by atoms with van der Waals surface area (Å²) in [5.74, 6) is 0.529. The molecule has 2 fully saturated rings. The Morgan fingerprint density at radius 2 is 2.22 bits per heavy atom. The Morgan fingerprint density at radius 1 is 1.41 bits per heavy atom. The van der Waals surface area contributed by atoms with E-state index in [1.165, 1.54) is 24.1 Å². The molecule has 0 saturated carbocycles. The summed E-state index contributed by atoms with van der Waals surface area (Å²) in [4.78, 5) is 12.2. The summed E-state index contributed by atoms with van der Waals surface area (Å²) in [7, 11) is 0. The minimum Gasteiger partial charge on any atom is -1.00 e. The SMILES string of the molecule is C/C=C1/C[N+]2(CCC)CCC34C(=C(C=O)[C@H]1C[C@@H]32)Nc1c(O)cccc14.[I-]. The summed E-state index contributed by atoms with van der Waals surface area (Å²) in [5, 5.41) is 14.0. The lowest BCUT2D eigenvalue weighted by Gasteiger charge is -2.53. The first-order valence-electron chi connectivity index (χ1n) is 9.91. The topological polar surface area (TPSA) is 49.3 Å². The van der Waals surface area contributed by atoms with Crippen molar-refractivity contribution in [3.63, 3.8) is 0 Å². The van der Waals surface area contributed by atoms with Crippen molar-refractivity contribution in [1.82, 2.24) is 0 Å².